The Morgan fingerprint density at radius 2 is 2.21 bits per heavy atom. The van der Waals surface area contributed by atoms with Crippen LogP contribution in [0.2, 0.25) is 0 Å². The summed E-state index contributed by atoms with van der Waals surface area (Å²) in [5.74, 6) is 0.0719. The first-order chi connectivity index (χ1) is 6.56. The highest BCUT2D eigenvalue weighted by atomic mass is 16.3. The Morgan fingerprint density at radius 1 is 1.57 bits per heavy atom. The first kappa shape index (κ1) is 10.6. The van der Waals surface area contributed by atoms with Crippen molar-refractivity contribution in [2.75, 3.05) is 5.73 Å². The molecule has 0 amide bonds. The third-order valence-electron chi connectivity index (χ3n) is 2.35. The highest BCUT2D eigenvalue weighted by Crippen LogP contribution is 2.27. The van der Waals surface area contributed by atoms with E-state index in [0.29, 0.717) is 5.69 Å². The topological polar surface area (TPSA) is 63.3 Å². The molecule has 1 aromatic rings. The van der Waals surface area contributed by atoms with Crippen LogP contribution in [0.5, 0.6) is 5.75 Å². The molecule has 1 rings (SSSR count). The maximum Gasteiger partial charge on any atom is 0.138 e. The summed E-state index contributed by atoms with van der Waals surface area (Å²) in [6.45, 7) is 3.52. The van der Waals surface area contributed by atoms with E-state index < -0.39 is 0 Å². The third-order valence-corrected chi connectivity index (χ3v) is 2.35. The molecule has 3 nitrogen and oxygen atoms in total. The number of phenolic OH excluding ortho intramolecular Hbond substituents is 1. The fraction of sp³-hybridized carbons (Fsp3) is 0.364. The molecule has 0 radical (unpaired) electrons. The lowest BCUT2D eigenvalue weighted by Crippen LogP contribution is -2.07. The normalized spacial score (nSPS) is 12.4. The maximum absolute atomic E-state index is 11.3. The van der Waals surface area contributed by atoms with Crippen molar-refractivity contribution in [2.24, 2.45) is 0 Å². The molecular formula is C11H15NO2. The van der Waals surface area contributed by atoms with Gasteiger partial charge in [0.15, 0.2) is 0 Å². The van der Waals surface area contributed by atoms with Crippen molar-refractivity contribution in [3.8, 4) is 5.75 Å². The van der Waals surface area contributed by atoms with Crippen molar-refractivity contribution in [3.05, 3.63) is 23.8 Å². The van der Waals surface area contributed by atoms with Gasteiger partial charge >= 0.3 is 0 Å². The summed E-state index contributed by atoms with van der Waals surface area (Å²) in [6, 6.07) is 4.92. The molecule has 0 bridgehead atoms. The molecule has 0 aliphatic heterocycles. The van der Waals surface area contributed by atoms with Crippen molar-refractivity contribution >= 4 is 11.5 Å². The van der Waals surface area contributed by atoms with Gasteiger partial charge in [-0.25, -0.2) is 0 Å². The van der Waals surface area contributed by atoms with Crippen LogP contribution in [-0.4, -0.2) is 10.9 Å². The number of carbonyl (C=O) groups excluding carboxylic acids is 1. The monoisotopic (exact) mass is 193 g/mol. The SMILES string of the molecule is CCC(C(C)=O)c1ccc(O)c(N)c1. The fourth-order valence-electron chi connectivity index (χ4n) is 1.55. The molecule has 0 aromatic heterocycles. The lowest BCUT2D eigenvalue weighted by atomic mass is 9.92. The van der Waals surface area contributed by atoms with E-state index in [1.54, 1.807) is 19.1 Å². The Labute approximate surface area is 83.6 Å². The van der Waals surface area contributed by atoms with E-state index in [1.807, 2.05) is 6.92 Å². The van der Waals surface area contributed by atoms with Crippen LogP contribution in [0, 0.1) is 0 Å². The Hall–Kier alpha value is -1.51. The number of carbonyl (C=O) groups is 1. The number of nitrogen functional groups attached to an aromatic ring is 1. The fourth-order valence-corrected chi connectivity index (χ4v) is 1.55. The maximum atomic E-state index is 11.3. The van der Waals surface area contributed by atoms with Gasteiger partial charge in [0.1, 0.15) is 11.5 Å². The summed E-state index contributed by atoms with van der Waals surface area (Å²) >= 11 is 0. The summed E-state index contributed by atoms with van der Waals surface area (Å²) in [6.07, 6.45) is 0.750. The molecule has 0 saturated carbocycles. The minimum absolute atomic E-state index is 0.0622. The zero-order chi connectivity index (χ0) is 10.7. The molecule has 1 aromatic carbocycles. The second kappa shape index (κ2) is 4.13. The molecule has 0 aliphatic rings. The van der Waals surface area contributed by atoms with Gasteiger partial charge in [-0.3, -0.25) is 4.79 Å². The van der Waals surface area contributed by atoms with Crippen LogP contribution in [0.15, 0.2) is 18.2 Å². The third kappa shape index (κ3) is 2.05. The van der Waals surface area contributed by atoms with Crippen LogP contribution in [0.25, 0.3) is 0 Å². The van der Waals surface area contributed by atoms with Crippen LogP contribution in [0.1, 0.15) is 31.7 Å². The molecule has 0 spiro atoms. The zero-order valence-electron chi connectivity index (χ0n) is 8.45. The van der Waals surface area contributed by atoms with E-state index in [2.05, 4.69) is 0 Å². The highest BCUT2D eigenvalue weighted by molar-refractivity contribution is 5.83. The van der Waals surface area contributed by atoms with Crippen LogP contribution < -0.4 is 5.73 Å². The second-order valence-corrected chi connectivity index (χ2v) is 3.39. The van der Waals surface area contributed by atoms with E-state index in [0.717, 1.165) is 12.0 Å². The first-order valence-corrected chi connectivity index (χ1v) is 4.65. The number of benzene rings is 1. The van der Waals surface area contributed by atoms with Gasteiger partial charge in [0.05, 0.1) is 5.69 Å². The van der Waals surface area contributed by atoms with Crippen molar-refractivity contribution in [1.82, 2.24) is 0 Å². The molecule has 0 fully saturated rings. The quantitative estimate of drug-likeness (QED) is 0.570. The van der Waals surface area contributed by atoms with E-state index in [9.17, 15) is 9.90 Å². The largest absolute Gasteiger partial charge is 0.506 e. The van der Waals surface area contributed by atoms with Crippen LogP contribution in [0.3, 0.4) is 0 Å². The standard InChI is InChI=1S/C11H15NO2/c1-3-9(7(2)13)8-4-5-11(14)10(12)6-8/h4-6,9,14H,3,12H2,1-2H3. The van der Waals surface area contributed by atoms with E-state index in [4.69, 9.17) is 5.73 Å². The Balaban J connectivity index is 3.06. The molecule has 1 atom stereocenters. The average Bonchev–Trinajstić information content (AvgIpc) is 2.11. The van der Waals surface area contributed by atoms with Crippen molar-refractivity contribution in [2.45, 2.75) is 26.2 Å². The van der Waals surface area contributed by atoms with Gasteiger partial charge in [-0.1, -0.05) is 13.0 Å². The summed E-state index contributed by atoms with van der Waals surface area (Å²) in [4.78, 5) is 11.3. The van der Waals surface area contributed by atoms with Crippen molar-refractivity contribution < 1.29 is 9.90 Å². The van der Waals surface area contributed by atoms with Crippen molar-refractivity contribution in [3.63, 3.8) is 0 Å². The van der Waals surface area contributed by atoms with Gasteiger partial charge in [0, 0.05) is 5.92 Å². The molecule has 3 N–H and O–H groups in total. The summed E-state index contributed by atoms with van der Waals surface area (Å²) in [5, 5.41) is 9.23. The van der Waals surface area contributed by atoms with Gasteiger partial charge in [-0.2, -0.15) is 0 Å². The lowest BCUT2D eigenvalue weighted by Gasteiger charge is -2.12. The number of hydrogen-bond acceptors (Lipinski definition) is 3. The predicted molar refractivity (Wildman–Crippen MR) is 56.2 cm³/mol. The smallest absolute Gasteiger partial charge is 0.138 e. The summed E-state index contributed by atoms with van der Waals surface area (Å²) in [5.41, 5.74) is 6.74. The highest BCUT2D eigenvalue weighted by Gasteiger charge is 2.14. The van der Waals surface area contributed by atoms with Gasteiger partial charge in [0.25, 0.3) is 0 Å². The number of phenols is 1. The number of ketones is 1. The summed E-state index contributed by atoms with van der Waals surface area (Å²) in [7, 11) is 0. The van der Waals surface area contributed by atoms with E-state index >= 15 is 0 Å². The molecule has 1 unspecified atom stereocenters. The van der Waals surface area contributed by atoms with Gasteiger partial charge < -0.3 is 10.8 Å². The van der Waals surface area contributed by atoms with E-state index in [1.165, 1.54) is 6.07 Å². The average molecular weight is 193 g/mol. The van der Waals surface area contributed by atoms with Crippen molar-refractivity contribution in [1.29, 1.82) is 0 Å². The van der Waals surface area contributed by atoms with Crippen LogP contribution in [0.4, 0.5) is 5.69 Å². The van der Waals surface area contributed by atoms with E-state index in [-0.39, 0.29) is 17.5 Å². The first-order valence-electron chi connectivity index (χ1n) is 4.65. The molecule has 3 heteroatoms. The van der Waals surface area contributed by atoms with Crippen LogP contribution in [-0.2, 0) is 4.79 Å². The number of nitrogens with two attached hydrogens (primary N) is 1. The molecule has 76 valence electrons. The van der Waals surface area contributed by atoms with Gasteiger partial charge in [0.2, 0.25) is 0 Å². The molecule has 14 heavy (non-hydrogen) atoms. The number of Topliss-reactive ketones (excluding diaryl/α,β-unsaturated/α-hetero) is 1. The van der Waals surface area contributed by atoms with Gasteiger partial charge in [-0.05, 0) is 31.0 Å². The lowest BCUT2D eigenvalue weighted by molar-refractivity contribution is -0.118. The molecule has 0 heterocycles. The predicted octanol–water partition coefficient (Wildman–Crippen LogP) is 2.06. The molecular weight excluding hydrogens is 178 g/mol. The molecule has 0 saturated heterocycles. The second-order valence-electron chi connectivity index (χ2n) is 3.39. The number of hydrogen-bond donors (Lipinski definition) is 2. The molecule has 0 aliphatic carbocycles. The zero-order valence-corrected chi connectivity index (χ0v) is 8.45. The minimum atomic E-state index is -0.113. The Kier molecular flexibility index (Phi) is 3.12. The number of anilines is 1. The Morgan fingerprint density at radius 3 is 2.64 bits per heavy atom. The van der Waals surface area contributed by atoms with Gasteiger partial charge in [-0.15, -0.1) is 0 Å². The number of aromatic hydroxyl groups is 1. The minimum Gasteiger partial charge on any atom is -0.506 e. The summed E-state index contributed by atoms with van der Waals surface area (Å²) < 4.78 is 0. The number of rotatable bonds is 3. The Bertz CT molecular complexity index is 347. The van der Waals surface area contributed by atoms with Crippen LogP contribution >= 0.6 is 0 Å².